The Morgan fingerprint density at radius 1 is 1.24 bits per heavy atom. The molecule has 11 heteroatoms. The Labute approximate surface area is 216 Å². The van der Waals surface area contributed by atoms with Crippen molar-refractivity contribution in [2.75, 3.05) is 25.0 Å². The van der Waals surface area contributed by atoms with Gasteiger partial charge in [-0.05, 0) is 37.2 Å². The van der Waals surface area contributed by atoms with Crippen LogP contribution in [0.3, 0.4) is 0 Å². The number of nitriles is 1. The fraction of sp³-hybridized carbons (Fsp3) is 0.538. The van der Waals surface area contributed by atoms with E-state index in [1.807, 2.05) is 20.8 Å². The molecule has 0 radical (unpaired) electrons. The second kappa shape index (κ2) is 10.6. The van der Waals surface area contributed by atoms with Crippen LogP contribution in [-0.4, -0.2) is 80.2 Å². The molecular weight excluding hydrogens is 472 g/mol. The SMILES string of the molecule is C=CC(=O)N1CCC(Nc2cnc3[nH]cc(C(=O)NC(C(=O)N4CCCC4C#N)C(C)(C)C)c3n2)CC1. The van der Waals surface area contributed by atoms with Crippen LogP contribution in [0.1, 0.15) is 56.8 Å². The number of nitrogens with zero attached hydrogens (tertiary/aromatic N) is 5. The second-order valence-electron chi connectivity index (χ2n) is 10.7. The number of fused-ring (bicyclic) bond motifs is 1. The van der Waals surface area contributed by atoms with E-state index in [0.717, 1.165) is 19.3 Å². The molecule has 11 nitrogen and oxygen atoms in total. The van der Waals surface area contributed by atoms with Gasteiger partial charge in [-0.15, -0.1) is 0 Å². The largest absolute Gasteiger partial charge is 0.366 e. The van der Waals surface area contributed by atoms with Crippen molar-refractivity contribution in [3.05, 3.63) is 30.6 Å². The van der Waals surface area contributed by atoms with Gasteiger partial charge in [0.15, 0.2) is 5.65 Å². The lowest BCUT2D eigenvalue weighted by atomic mass is 9.85. The van der Waals surface area contributed by atoms with Gasteiger partial charge in [-0.1, -0.05) is 27.4 Å². The molecule has 2 saturated heterocycles. The van der Waals surface area contributed by atoms with E-state index in [0.29, 0.717) is 43.0 Å². The summed E-state index contributed by atoms with van der Waals surface area (Å²) < 4.78 is 0. The first-order chi connectivity index (χ1) is 17.6. The number of carbonyl (C=O) groups excluding carboxylic acids is 3. The number of aromatic amines is 1. The number of rotatable bonds is 6. The average molecular weight is 507 g/mol. The zero-order valence-corrected chi connectivity index (χ0v) is 21.6. The lowest BCUT2D eigenvalue weighted by Crippen LogP contribution is -2.55. The number of piperidine rings is 1. The van der Waals surface area contributed by atoms with Crippen molar-refractivity contribution in [1.29, 1.82) is 5.26 Å². The molecule has 4 rings (SSSR count). The van der Waals surface area contributed by atoms with E-state index in [1.54, 1.807) is 22.2 Å². The van der Waals surface area contributed by atoms with Crippen molar-refractivity contribution in [3.63, 3.8) is 0 Å². The molecule has 0 saturated carbocycles. The van der Waals surface area contributed by atoms with E-state index < -0.39 is 23.4 Å². The van der Waals surface area contributed by atoms with E-state index in [1.165, 1.54) is 6.08 Å². The highest BCUT2D eigenvalue weighted by Crippen LogP contribution is 2.26. The van der Waals surface area contributed by atoms with E-state index in [2.05, 4.69) is 38.2 Å². The Kier molecular flexibility index (Phi) is 7.47. The molecule has 4 heterocycles. The lowest BCUT2D eigenvalue weighted by molar-refractivity contribution is -0.135. The molecule has 2 aromatic rings. The third-order valence-electron chi connectivity index (χ3n) is 7.03. The number of H-pyrrole nitrogens is 1. The molecule has 3 amide bonds. The summed E-state index contributed by atoms with van der Waals surface area (Å²) in [7, 11) is 0. The van der Waals surface area contributed by atoms with Crippen molar-refractivity contribution < 1.29 is 14.4 Å². The minimum atomic E-state index is -0.809. The third-order valence-corrected chi connectivity index (χ3v) is 7.03. The first kappa shape index (κ1) is 26.1. The molecule has 0 aliphatic carbocycles. The van der Waals surface area contributed by atoms with Crippen LogP contribution in [0, 0.1) is 16.7 Å². The Hall–Kier alpha value is -3.94. The highest BCUT2D eigenvalue weighted by Gasteiger charge is 2.40. The molecule has 0 spiro atoms. The quantitative estimate of drug-likeness (QED) is 0.509. The number of amides is 3. The molecule has 2 atom stereocenters. The predicted molar refractivity (Wildman–Crippen MR) is 138 cm³/mol. The van der Waals surface area contributed by atoms with E-state index in [-0.39, 0.29) is 23.4 Å². The van der Waals surface area contributed by atoms with E-state index in [9.17, 15) is 19.6 Å². The van der Waals surface area contributed by atoms with Crippen LogP contribution in [0.25, 0.3) is 11.2 Å². The summed E-state index contributed by atoms with van der Waals surface area (Å²) in [6.07, 6.45) is 7.41. The van der Waals surface area contributed by atoms with Crippen LogP contribution in [0.5, 0.6) is 0 Å². The summed E-state index contributed by atoms with van der Waals surface area (Å²) in [6, 6.07) is 1.04. The first-order valence-corrected chi connectivity index (χ1v) is 12.7. The number of hydrogen-bond acceptors (Lipinski definition) is 7. The minimum Gasteiger partial charge on any atom is -0.366 e. The normalized spacial score (nSPS) is 19.4. The van der Waals surface area contributed by atoms with Gasteiger partial charge in [0, 0.05) is 31.9 Å². The maximum absolute atomic E-state index is 13.4. The van der Waals surface area contributed by atoms with Gasteiger partial charge in [0.1, 0.15) is 23.4 Å². The Morgan fingerprint density at radius 2 is 1.97 bits per heavy atom. The Balaban J connectivity index is 1.49. The Bertz CT molecular complexity index is 1230. The lowest BCUT2D eigenvalue weighted by Gasteiger charge is -2.34. The Morgan fingerprint density at radius 3 is 2.62 bits per heavy atom. The van der Waals surface area contributed by atoms with Gasteiger partial charge in [0.2, 0.25) is 11.8 Å². The maximum atomic E-state index is 13.4. The molecule has 3 N–H and O–H groups in total. The fourth-order valence-corrected chi connectivity index (χ4v) is 4.90. The molecule has 2 aromatic heterocycles. The highest BCUT2D eigenvalue weighted by atomic mass is 16.2. The van der Waals surface area contributed by atoms with Crippen molar-refractivity contribution in [3.8, 4) is 6.07 Å². The first-order valence-electron chi connectivity index (χ1n) is 12.7. The van der Waals surface area contributed by atoms with Crippen molar-refractivity contribution in [1.82, 2.24) is 30.1 Å². The fourth-order valence-electron chi connectivity index (χ4n) is 4.90. The molecule has 196 valence electrons. The summed E-state index contributed by atoms with van der Waals surface area (Å²) in [4.78, 5) is 53.9. The summed E-state index contributed by atoms with van der Waals surface area (Å²) in [6.45, 7) is 11.0. The molecule has 2 aliphatic heterocycles. The van der Waals surface area contributed by atoms with E-state index >= 15 is 0 Å². The summed E-state index contributed by atoms with van der Waals surface area (Å²) in [5.74, 6) is -0.219. The number of hydrogen-bond donors (Lipinski definition) is 3. The van der Waals surface area contributed by atoms with Crippen LogP contribution in [0.2, 0.25) is 0 Å². The third kappa shape index (κ3) is 5.58. The topological polar surface area (TPSA) is 147 Å². The van der Waals surface area contributed by atoms with Crippen LogP contribution >= 0.6 is 0 Å². The van der Waals surface area contributed by atoms with Gasteiger partial charge in [0.25, 0.3) is 5.91 Å². The molecule has 2 fully saturated rings. The standard InChI is InChI=1S/C26H34N8O3/c1-5-20(35)33-11-8-16(9-12-33)30-19-15-29-23-21(31-19)18(14-28-23)24(36)32-22(26(2,3)4)25(37)34-10-6-7-17(34)13-27/h5,14-17,22H,1,6-12H2,2-4H3,(H,28,29)(H,30,31)(H,32,36). The highest BCUT2D eigenvalue weighted by molar-refractivity contribution is 6.06. The molecular formula is C26H34N8O3. The predicted octanol–water partition coefficient (Wildman–Crippen LogP) is 2.21. The maximum Gasteiger partial charge on any atom is 0.255 e. The van der Waals surface area contributed by atoms with Crippen LogP contribution in [0.4, 0.5) is 5.82 Å². The zero-order valence-electron chi connectivity index (χ0n) is 21.6. The van der Waals surface area contributed by atoms with Gasteiger partial charge in [-0.3, -0.25) is 14.4 Å². The summed E-state index contributed by atoms with van der Waals surface area (Å²) >= 11 is 0. The smallest absolute Gasteiger partial charge is 0.255 e. The zero-order chi connectivity index (χ0) is 26.7. The van der Waals surface area contributed by atoms with Gasteiger partial charge in [-0.25, -0.2) is 9.97 Å². The summed E-state index contributed by atoms with van der Waals surface area (Å²) in [5.41, 5.74) is 0.586. The second-order valence-corrected chi connectivity index (χ2v) is 10.7. The molecule has 37 heavy (non-hydrogen) atoms. The van der Waals surface area contributed by atoms with Gasteiger partial charge >= 0.3 is 0 Å². The number of likely N-dealkylation sites (tertiary alicyclic amines) is 2. The van der Waals surface area contributed by atoms with Crippen LogP contribution < -0.4 is 10.6 Å². The van der Waals surface area contributed by atoms with E-state index in [4.69, 9.17) is 0 Å². The molecule has 2 aliphatic rings. The van der Waals surface area contributed by atoms with Gasteiger partial charge in [0.05, 0.1) is 17.8 Å². The van der Waals surface area contributed by atoms with Gasteiger partial charge in [-0.2, -0.15) is 5.26 Å². The average Bonchev–Trinajstić information content (AvgIpc) is 3.53. The number of anilines is 1. The van der Waals surface area contributed by atoms with Crippen LogP contribution in [0.15, 0.2) is 25.0 Å². The van der Waals surface area contributed by atoms with Crippen molar-refractivity contribution in [2.24, 2.45) is 5.41 Å². The van der Waals surface area contributed by atoms with Crippen LogP contribution in [-0.2, 0) is 9.59 Å². The van der Waals surface area contributed by atoms with Gasteiger partial charge < -0.3 is 25.4 Å². The number of aromatic nitrogens is 3. The molecule has 2 unspecified atom stereocenters. The molecule has 0 aromatic carbocycles. The van der Waals surface area contributed by atoms with Crippen molar-refractivity contribution >= 4 is 34.7 Å². The minimum absolute atomic E-state index is 0.0671. The van der Waals surface area contributed by atoms with Crippen molar-refractivity contribution in [2.45, 2.75) is 64.6 Å². The number of carbonyl (C=O) groups is 3. The number of nitrogens with one attached hydrogen (secondary N) is 3. The molecule has 0 bridgehead atoms. The summed E-state index contributed by atoms with van der Waals surface area (Å²) in [5, 5.41) is 15.7. The monoisotopic (exact) mass is 506 g/mol.